The van der Waals surface area contributed by atoms with Crippen molar-refractivity contribution in [2.75, 3.05) is 19.5 Å². The number of methoxy groups -OCH3 is 2. The summed E-state index contributed by atoms with van der Waals surface area (Å²) in [7, 11) is 3.22. The molecule has 0 aliphatic carbocycles. The van der Waals surface area contributed by atoms with Crippen molar-refractivity contribution in [3.05, 3.63) is 54.4 Å². The number of nitrogens with one attached hydrogen (secondary N) is 1. The summed E-state index contributed by atoms with van der Waals surface area (Å²) in [6.45, 7) is 2.03. The van der Waals surface area contributed by atoms with Gasteiger partial charge < -0.3 is 19.3 Å². The van der Waals surface area contributed by atoms with Gasteiger partial charge in [0.15, 0.2) is 0 Å². The van der Waals surface area contributed by atoms with Crippen molar-refractivity contribution < 1.29 is 14.0 Å². The average Bonchev–Trinajstić information content (AvgIpc) is 3.13. The molecule has 2 heterocycles. The zero-order chi connectivity index (χ0) is 18.8. The quantitative estimate of drug-likeness (QED) is 0.565. The van der Waals surface area contributed by atoms with Gasteiger partial charge in [-0.25, -0.2) is 4.98 Å². The van der Waals surface area contributed by atoms with Gasteiger partial charge in [0.05, 0.1) is 19.9 Å². The van der Waals surface area contributed by atoms with Crippen LogP contribution >= 0.6 is 0 Å². The van der Waals surface area contributed by atoms with E-state index in [4.69, 9.17) is 14.0 Å². The van der Waals surface area contributed by atoms with Gasteiger partial charge in [-0.2, -0.15) is 4.98 Å². The van der Waals surface area contributed by atoms with Crippen molar-refractivity contribution in [3.63, 3.8) is 0 Å². The first-order chi connectivity index (χ1) is 13.2. The zero-order valence-electron chi connectivity index (χ0n) is 15.2. The second-order valence-corrected chi connectivity index (χ2v) is 5.94. The highest BCUT2D eigenvalue weighted by atomic mass is 16.5. The Labute approximate surface area is 156 Å². The van der Waals surface area contributed by atoms with Crippen LogP contribution in [0, 0.1) is 6.92 Å². The van der Waals surface area contributed by atoms with Gasteiger partial charge in [-0.15, -0.1) is 0 Å². The van der Waals surface area contributed by atoms with Gasteiger partial charge in [0.25, 0.3) is 5.71 Å². The van der Waals surface area contributed by atoms with Gasteiger partial charge in [0, 0.05) is 11.6 Å². The molecule has 1 N–H and O–H groups in total. The lowest BCUT2D eigenvalue weighted by atomic mass is 10.0. The monoisotopic (exact) mass is 362 g/mol. The summed E-state index contributed by atoms with van der Waals surface area (Å²) in [5.74, 6) is 1.92. The van der Waals surface area contributed by atoms with Crippen molar-refractivity contribution in [1.29, 1.82) is 0 Å². The first-order valence-electron chi connectivity index (χ1n) is 8.36. The van der Waals surface area contributed by atoms with E-state index in [0.717, 1.165) is 16.8 Å². The molecule has 7 heteroatoms. The summed E-state index contributed by atoms with van der Waals surface area (Å²) in [4.78, 5) is 8.60. The van der Waals surface area contributed by atoms with Crippen LogP contribution in [0.4, 0.5) is 11.5 Å². The van der Waals surface area contributed by atoms with E-state index in [9.17, 15) is 0 Å². The summed E-state index contributed by atoms with van der Waals surface area (Å²) in [5, 5.41) is 8.24. The summed E-state index contributed by atoms with van der Waals surface area (Å²) < 4.78 is 16.2. The molecule has 7 nitrogen and oxygen atoms in total. The third-order valence-corrected chi connectivity index (χ3v) is 4.33. The number of nitrogens with zero attached hydrogens (tertiary/aromatic N) is 3. The van der Waals surface area contributed by atoms with Crippen LogP contribution in [0.2, 0.25) is 0 Å². The molecule has 4 rings (SSSR count). The molecule has 0 radical (unpaired) electrons. The zero-order valence-corrected chi connectivity index (χ0v) is 15.2. The maximum atomic E-state index is 5.46. The Kier molecular flexibility index (Phi) is 4.33. The van der Waals surface area contributed by atoms with Crippen LogP contribution in [0.3, 0.4) is 0 Å². The van der Waals surface area contributed by atoms with Crippen LogP contribution in [0.1, 0.15) is 5.56 Å². The molecule has 0 bridgehead atoms. The van der Waals surface area contributed by atoms with E-state index in [1.54, 1.807) is 20.3 Å². The van der Waals surface area contributed by atoms with Crippen molar-refractivity contribution in [2.24, 2.45) is 0 Å². The van der Waals surface area contributed by atoms with Gasteiger partial charge in [0.1, 0.15) is 34.7 Å². The molecule has 0 fully saturated rings. The number of ether oxygens (including phenoxy) is 2. The Balaban J connectivity index is 1.84. The lowest BCUT2D eigenvalue weighted by Gasteiger charge is -2.12. The predicted molar refractivity (Wildman–Crippen MR) is 103 cm³/mol. The van der Waals surface area contributed by atoms with E-state index in [1.807, 2.05) is 43.3 Å². The Morgan fingerprint density at radius 1 is 1.00 bits per heavy atom. The van der Waals surface area contributed by atoms with Crippen LogP contribution in [0.15, 0.2) is 53.3 Å². The molecule has 0 unspecified atom stereocenters. The second kappa shape index (κ2) is 6.95. The maximum Gasteiger partial charge on any atom is 0.263 e. The highest BCUT2D eigenvalue weighted by Gasteiger charge is 2.19. The number of rotatable bonds is 5. The molecule has 0 saturated heterocycles. The molecule has 0 aliphatic rings. The molecule has 0 aliphatic heterocycles. The molecule has 0 atom stereocenters. The van der Waals surface area contributed by atoms with Gasteiger partial charge in [-0.05, 0) is 24.6 Å². The normalized spacial score (nSPS) is 10.8. The van der Waals surface area contributed by atoms with Crippen molar-refractivity contribution in [3.8, 4) is 22.8 Å². The van der Waals surface area contributed by atoms with Crippen molar-refractivity contribution in [2.45, 2.75) is 6.92 Å². The van der Waals surface area contributed by atoms with Crippen molar-refractivity contribution in [1.82, 2.24) is 15.1 Å². The first-order valence-corrected chi connectivity index (χ1v) is 8.36. The van der Waals surface area contributed by atoms with Gasteiger partial charge in [0.2, 0.25) is 0 Å². The fourth-order valence-corrected chi connectivity index (χ4v) is 2.93. The first kappa shape index (κ1) is 16.8. The van der Waals surface area contributed by atoms with Gasteiger partial charge in [-0.1, -0.05) is 29.4 Å². The van der Waals surface area contributed by atoms with E-state index in [0.29, 0.717) is 34.1 Å². The molecule has 136 valence electrons. The standard InChI is InChI=1S/C20H18N4O3/c1-12-6-4-5-7-14(12)18-17-19(21-11-22-20(17)27-24-18)23-15-9-8-13(25-2)10-16(15)26-3/h4-11H,1-3H3,(H,21,22,23). The Bertz CT molecular complexity index is 1110. The molecular weight excluding hydrogens is 344 g/mol. The highest BCUT2D eigenvalue weighted by Crippen LogP contribution is 2.36. The van der Waals surface area contributed by atoms with E-state index in [2.05, 4.69) is 20.4 Å². The third kappa shape index (κ3) is 3.03. The van der Waals surface area contributed by atoms with E-state index in [1.165, 1.54) is 6.33 Å². The van der Waals surface area contributed by atoms with E-state index >= 15 is 0 Å². The SMILES string of the molecule is COc1ccc(Nc2ncnc3onc(-c4ccccc4C)c23)c(OC)c1. The number of aromatic nitrogens is 3. The molecule has 4 aromatic rings. The Morgan fingerprint density at radius 3 is 2.63 bits per heavy atom. The van der Waals surface area contributed by atoms with E-state index in [-0.39, 0.29) is 0 Å². The minimum absolute atomic E-state index is 0.415. The molecular formula is C20H18N4O3. The summed E-state index contributed by atoms with van der Waals surface area (Å²) in [5.41, 5.74) is 3.91. The minimum Gasteiger partial charge on any atom is -0.497 e. The van der Waals surface area contributed by atoms with Gasteiger partial charge in [-0.3, -0.25) is 0 Å². The smallest absolute Gasteiger partial charge is 0.263 e. The van der Waals surface area contributed by atoms with Crippen LogP contribution in [0.25, 0.3) is 22.4 Å². The lowest BCUT2D eigenvalue weighted by molar-refractivity contribution is 0.395. The summed E-state index contributed by atoms with van der Waals surface area (Å²) in [6, 6.07) is 13.5. The fraction of sp³-hybridized carbons (Fsp3) is 0.150. The molecule has 2 aromatic heterocycles. The number of fused-ring (bicyclic) bond motifs is 1. The topological polar surface area (TPSA) is 82.3 Å². The molecule has 0 saturated carbocycles. The third-order valence-electron chi connectivity index (χ3n) is 4.33. The molecule has 27 heavy (non-hydrogen) atoms. The number of hydrogen-bond acceptors (Lipinski definition) is 7. The van der Waals surface area contributed by atoms with Crippen LogP contribution in [0.5, 0.6) is 11.5 Å². The molecule has 2 aromatic carbocycles. The number of hydrogen-bond donors (Lipinski definition) is 1. The van der Waals surface area contributed by atoms with Crippen LogP contribution in [-0.4, -0.2) is 29.3 Å². The Hall–Kier alpha value is -3.61. The number of aryl methyl sites for hydroxylation is 1. The molecule has 0 spiro atoms. The highest BCUT2D eigenvalue weighted by molar-refractivity contribution is 5.99. The van der Waals surface area contributed by atoms with E-state index < -0.39 is 0 Å². The minimum atomic E-state index is 0.415. The van der Waals surface area contributed by atoms with Crippen LogP contribution in [-0.2, 0) is 0 Å². The Morgan fingerprint density at radius 2 is 1.85 bits per heavy atom. The number of benzene rings is 2. The summed E-state index contributed by atoms with van der Waals surface area (Å²) >= 11 is 0. The predicted octanol–water partition coefficient (Wildman–Crippen LogP) is 4.35. The van der Waals surface area contributed by atoms with Gasteiger partial charge >= 0.3 is 0 Å². The van der Waals surface area contributed by atoms with Crippen molar-refractivity contribution >= 4 is 22.6 Å². The second-order valence-electron chi connectivity index (χ2n) is 5.94. The average molecular weight is 362 g/mol. The fourth-order valence-electron chi connectivity index (χ4n) is 2.93. The largest absolute Gasteiger partial charge is 0.497 e. The molecule has 0 amide bonds. The van der Waals surface area contributed by atoms with Crippen LogP contribution < -0.4 is 14.8 Å². The summed E-state index contributed by atoms with van der Waals surface area (Å²) in [6.07, 6.45) is 1.44. The number of anilines is 2. The lowest BCUT2D eigenvalue weighted by Crippen LogP contribution is -1.99. The maximum absolute atomic E-state index is 5.46.